The third-order valence-corrected chi connectivity index (χ3v) is 5.36. The van der Waals surface area contributed by atoms with Crippen molar-refractivity contribution in [2.75, 3.05) is 26.2 Å². The summed E-state index contributed by atoms with van der Waals surface area (Å²) >= 11 is 0. The molecule has 128 valence electrons. The van der Waals surface area contributed by atoms with Gasteiger partial charge in [0.1, 0.15) is 6.33 Å². The molecule has 0 unspecified atom stereocenters. The zero-order chi connectivity index (χ0) is 16.9. The van der Waals surface area contributed by atoms with E-state index in [1.165, 1.54) is 4.31 Å². The highest BCUT2D eigenvalue weighted by Gasteiger charge is 2.30. The molecule has 0 aliphatic carbocycles. The maximum absolute atomic E-state index is 12.5. The summed E-state index contributed by atoms with van der Waals surface area (Å²) in [5.74, 6) is 0. The van der Waals surface area contributed by atoms with E-state index in [1.807, 2.05) is 6.92 Å². The molecule has 1 saturated heterocycles. The second kappa shape index (κ2) is 7.69. The average Bonchev–Trinajstić information content (AvgIpc) is 3.05. The first-order chi connectivity index (χ1) is 11.0. The highest BCUT2D eigenvalue weighted by molar-refractivity contribution is 7.88. The Morgan fingerprint density at radius 3 is 2.70 bits per heavy atom. The number of aromatic nitrogens is 3. The largest absolute Gasteiger partial charge is 0.346 e. The molecule has 9 heteroatoms. The highest BCUT2D eigenvalue weighted by atomic mass is 32.2. The number of hydrogen-bond acceptors (Lipinski definition) is 5. The van der Waals surface area contributed by atoms with Crippen LogP contribution >= 0.6 is 0 Å². The first-order valence-electron chi connectivity index (χ1n) is 7.82. The van der Waals surface area contributed by atoms with Gasteiger partial charge in [0, 0.05) is 26.2 Å². The molecule has 0 saturated carbocycles. The van der Waals surface area contributed by atoms with E-state index in [-0.39, 0.29) is 5.16 Å². The van der Waals surface area contributed by atoms with E-state index in [0.717, 1.165) is 36.7 Å². The predicted octanol–water partition coefficient (Wildman–Crippen LogP) is 1.32. The predicted molar refractivity (Wildman–Crippen MR) is 85.5 cm³/mol. The summed E-state index contributed by atoms with van der Waals surface area (Å²) < 4.78 is 27.3. The van der Waals surface area contributed by atoms with Crippen molar-refractivity contribution in [3.63, 3.8) is 0 Å². The highest BCUT2D eigenvalue weighted by Crippen LogP contribution is 2.17. The molecule has 0 radical (unpaired) electrons. The van der Waals surface area contributed by atoms with Gasteiger partial charge < -0.3 is 4.90 Å². The molecule has 0 N–H and O–H groups in total. The minimum atomic E-state index is -3.73. The summed E-state index contributed by atoms with van der Waals surface area (Å²) in [6, 6.07) is -0.403. The van der Waals surface area contributed by atoms with Gasteiger partial charge in [-0.15, -0.1) is 11.7 Å². The molecule has 1 aliphatic rings. The monoisotopic (exact) mass is 341 g/mol. The van der Waals surface area contributed by atoms with Crippen LogP contribution < -0.4 is 0 Å². The molecule has 1 amide bonds. The van der Waals surface area contributed by atoms with Gasteiger partial charge in [0.05, 0.1) is 0 Å². The molecule has 0 spiro atoms. The Kier molecular flexibility index (Phi) is 5.89. The molecule has 2 heterocycles. The van der Waals surface area contributed by atoms with Crippen LogP contribution in [0.4, 0.5) is 4.79 Å². The first-order valence-corrected chi connectivity index (χ1v) is 9.26. The van der Waals surface area contributed by atoms with Gasteiger partial charge in [0.15, 0.2) is 0 Å². The number of carbonyl (C=O) groups is 1. The fourth-order valence-electron chi connectivity index (χ4n) is 2.51. The van der Waals surface area contributed by atoms with Crippen LogP contribution in [0.15, 0.2) is 24.1 Å². The lowest BCUT2D eigenvalue weighted by atomic mass is 10.2. The van der Waals surface area contributed by atoms with E-state index in [9.17, 15) is 13.2 Å². The van der Waals surface area contributed by atoms with Crippen LogP contribution in [-0.4, -0.2) is 64.6 Å². The number of carbonyl (C=O) groups excluding carboxylic acids is 1. The van der Waals surface area contributed by atoms with Gasteiger partial charge >= 0.3 is 6.03 Å². The third-order valence-electron chi connectivity index (χ3n) is 3.67. The van der Waals surface area contributed by atoms with Gasteiger partial charge in [-0.25, -0.2) is 18.2 Å². The topological polar surface area (TPSA) is 88.4 Å². The maximum Gasteiger partial charge on any atom is 0.346 e. The molecule has 0 atom stereocenters. The smallest absolute Gasteiger partial charge is 0.319 e. The van der Waals surface area contributed by atoms with Crippen molar-refractivity contribution in [2.24, 2.45) is 0 Å². The summed E-state index contributed by atoms with van der Waals surface area (Å²) in [6.45, 7) is 7.45. The SMILES string of the molecule is C=CCN(CCC)C(=O)n1cnc(S(=O)(=O)N2CCCCC2)n1. The van der Waals surface area contributed by atoms with Crippen LogP contribution in [-0.2, 0) is 10.0 Å². The number of piperidine rings is 1. The minimum absolute atomic E-state index is 0.317. The summed E-state index contributed by atoms with van der Waals surface area (Å²) in [4.78, 5) is 17.7. The zero-order valence-corrected chi connectivity index (χ0v) is 14.2. The third kappa shape index (κ3) is 3.97. The van der Waals surface area contributed by atoms with Crippen molar-refractivity contribution in [1.82, 2.24) is 24.0 Å². The van der Waals surface area contributed by atoms with Crippen molar-refractivity contribution in [3.05, 3.63) is 19.0 Å². The van der Waals surface area contributed by atoms with Crippen LogP contribution in [0.1, 0.15) is 32.6 Å². The molecular weight excluding hydrogens is 318 g/mol. The van der Waals surface area contributed by atoms with Crippen LogP contribution in [0.25, 0.3) is 0 Å². The molecule has 0 aromatic carbocycles. The van der Waals surface area contributed by atoms with E-state index in [2.05, 4.69) is 16.7 Å². The summed E-state index contributed by atoms with van der Waals surface area (Å²) in [5, 5.41) is 3.58. The number of sulfonamides is 1. The molecule has 0 bridgehead atoms. The molecule has 1 aromatic heterocycles. The van der Waals surface area contributed by atoms with E-state index >= 15 is 0 Å². The van der Waals surface area contributed by atoms with Crippen molar-refractivity contribution in [2.45, 2.75) is 37.8 Å². The molecule has 8 nitrogen and oxygen atoms in total. The molecule has 23 heavy (non-hydrogen) atoms. The van der Waals surface area contributed by atoms with Gasteiger partial charge in [-0.1, -0.05) is 19.4 Å². The lowest BCUT2D eigenvalue weighted by Crippen LogP contribution is -2.37. The van der Waals surface area contributed by atoms with Crippen LogP contribution in [0.3, 0.4) is 0 Å². The maximum atomic E-state index is 12.5. The van der Waals surface area contributed by atoms with E-state index in [4.69, 9.17) is 0 Å². The Hall–Kier alpha value is -1.74. The van der Waals surface area contributed by atoms with E-state index in [1.54, 1.807) is 11.0 Å². The Morgan fingerprint density at radius 2 is 2.09 bits per heavy atom. The Labute approximate surface area is 136 Å². The summed E-state index contributed by atoms with van der Waals surface area (Å²) in [7, 11) is -3.73. The summed E-state index contributed by atoms with van der Waals surface area (Å²) in [6.07, 6.45) is 6.26. The van der Waals surface area contributed by atoms with Gasteiger partial charge in [0.2, 0.25) is 0 Å². The second-order valence-corrected chi connectivity index (χ2v) is 7.29. The Balaban J connectivity index is 2.18. The number of rotatable bonds is 6. The lowest BCUT2D eigenvalue weighted by Gasteiger charge is -2.24. The molecule has 1 fully saturated rings. The number of hydrogen-bond donors (Lipinski definition) is 0. The standard InChI is InChI=1S/C14H23N5O3S/c1-3-8-17(9-4-2)14(20)19-12-15-13(16-19)23(21,22)18-10-6-5-7-11-18/h3,12H,1,4-11H2,2H3. The summed E-state index contributed by atoms with van der Waals surface area (Å²) in [5.41, 5.74) is 0. The fourth-order valence-corrected chi connectivity index (χ4v) is 3.86. The molecule has 1 aliphatic heterocycles. The normalized spacial score (nSPS) is 16.2. The number of amides is 1. The number of nitrogens with zero attached hydrogens (tertiary/aromatic N) is 5. The van der Waals surface area contributed by atoms with Crippen LogP contribution in [0.5, 0.6) is 0 Å². The minimum Gasteiger partial charge on any atom is -0.319 e. The van der Waals surface area contributed by atoms with Crippen molar-refractivity contribution >= 4 is 16.1 Å². The second-order valence-electron chi connectivity index (χ2n) is 5.45. The molecular formula is C14H23N5O3S. The average molecular weight is 341 g/mol. The quantitative estimate of drug-likeness (QED) is 0.728. The van der Waals surface area contributed by atoms with E-state index in [0.29, 0.717) is 26.2 Å². The molecule has 1 aromatic rings. The van der Waals surface area contributed by atoms with Crippen LogP contribution in [0, 0.1) is 0 Å². The Bertz CT molecular complexity index is 649. The lowest BCUT2D eigenvalue weighted by molar-refractivity contribution is 0.201. The Morgan fingerprint density at radius 1 is 1.39 bits per heavy atom. The van der Waals surface area contributed by atoms with Crippen molar-refractivity contribution in [3.8, 4) is 0 Å². The zero-order valence-electron chi connectivity index (χ0n) is 13.4. The fraction of sp³-hybridized carbons (Fsp3) is 0.643. The van der Waals surface area contributed by atoms with E-state index < -0.39 is 16.1 Å². The van der Waals surface area contributed by atoms with Crippen molar-refractivity contribution in [1.29, 1.82) is 0 Å². The van der Waals surface area contributed by atoms with Crippen LogP contribution in [0.2, 0.25) is 0 Å². The van der Waals surface area contributed by atoms with Crippen molar-refractivity contribution < 1.29 is 13.2 Å². The first kappa shape index (κ1) is 17.6. The van der Waals surface area contributed by atoms with Gasteiger partial charge in [-0.2, -0.15) is 8.99 Å². The van der Waals surface area contributed by atoms with Gasteiger partial charge in [-0.3, -0.25) is 0 Å². The molecule has 2 rings (SSSR count). The van der Waals surface area contributed by atoms with Gasteiger partial charge in [-0.05, 0) is 19.3 Å². The van der Waals surface area contributed by atoms with Gasteiger partial charge in [0.25, 0.3) is 15.2 Å².